The zero-order valence-corrected chi connectivity index (χ0v) is 38.8. The standard InChI is InChI=1S/C49H54ClFN8O7S/c50-36-5-3-33(4-6-36)40-30-48(13-1-14-48)15-11-35(40)31-56-20-22-57(23-21-56)37-7-9-39(42(28-37)58-19-2-24-66-47-44(58)27-34-12-18-52-45(34)54-47)46(60)55-67(63,64)38-8-10-41(43(29-38)59(61)62)53-32-49(51)16-25-65-26-17-49/h3-10,12,18,27-29,53H,1-2,11,13-17,19-26,30-32H2,(H,52,54)(H,55,60). The Morgan fingerprint density at radius 1 is 0.910 bits per heavy atom. The van der Waals surface area contributed by atoms with Crippen molar-refractivity contribution in [1.29, 1.82) is 0 Å². The zero-order valence-electron chi connectivity index (χ0n) is 37.2. The Kier molecular flexibility index (Phi) is 12.4. The number of carbonyl (C=O) groups excluding carboxylic acids is 1. The van der Waals surface area contributed by atoms with Crippen LogP contribution in [0.4, 0.5) is 32.8 Å². The van der Waals surface area contributed by atoms with Crippen molar-refractivity contribution in [2.24, 2.45) is 5.41 Å². The number of nitro groups is 1. The molecule has 2 aromatic heterocycles. The largest absolute Gasteiger partial charge is 0.476 e. The quantitative estimate of drug-likeness (QED) is 0.0801. The third kappa shape index (κ3) is 9.43. The van der Waals surface area contributed by atoms with Gasteiger partial charge in [-0.05, 0) is 110 Å². The fourth-order valence-electron chi connectivity index (χ4n) is 10.4. The molecule has 10 rings (SSSR count). The van der Waals surface area contributed by atoms with E-state index >= 15 is 4.39 Å². The lowest BCUT2D eigenvalue weighted by molar-refractivity contribution is -0.384. The van der Waals surface area contributed by atoms with E-state index in [1.54, 1.807) is 12.3 Å². The van der Waals surface area contributed by atoms with Crippen LogP contribution in [-0.2, 0) is 14.8 Å². The second-order valence-electron chi connectivity index (χ2n) is 18.7. The van der Waals surface area contributed by atoms with Gasteiger partial charge in [-0.1, -0.05) is 35.7 Å². The van der Waals surface area contributed by atoms with Crippen molar-refractivity contribution in [3.63, 3.8) is 0 Å². The lowest BCUT2D eigenvalue weighted by Crippen LogP contribution is -2.47. The number of aromatic amines is 1. The molecule has 5 aromatic rings. The number of nitro benzene ring substituents is 1. The number of hydrogen-bond donors (Lipinski definition) is 3. The lowest BCUT2D eigenvalue weighted by Gasteiger charge is -2.47. The molecule has 0 radical (unpaired) electrons. The lowest BCUT2D eigenvalue weighted by atomic mass is 9.59. The smallest absolute Gasteiger partial charge is 0.293 e. The topological polar surface area (TPSA) is 175 Å². The van der Waals surface area contributed by atoms with Gasteiger partial charge in [0.15, 0.2) is 0 Å². The number of anilines is 4. The molecule has 1 spiro atoms. The van der Waals surface area contributed by atoms with Gasteiger partial charge in [-0.15, -0.1) is 0 Å². The summed E-state index contributed by atoms with van der Waals surface area (Å²) in [6.45, 7) is 5.11. The maximum atomic E-state index is 15.3. The van der Waals surface area contributed by atoms with E-state index in [0.717, 1.165) is 73.8 Å². The monoisotopic (exact) mass is 952 g/mol. The molecule has 3 N–H and O–H groups in total. The molecule has 0 atom stereocenters. The van der Waals surface area contributed by atoms with Crippen LogP contribution in [0, 0.1) is 15.5 Å². The van der Waals surface area contributed by atoms with E-state index in [2.05, 4.69) is 37.0 Å². The highest BCUT2D eigenvalue weighted by Crippen LogP contribution is 2.55. The molecule has 1 amide bonds. The number of amides is 1. The van der Waals surface area contributed by atoms with Crippen molar-refractivity contribution in [2.75, 3.05) is 80.8 Å². The molecule has 5 heterocycles. The Morgan fingerprint density at radius 3 is 2.45 bits per heavy atom. The predicted octanol–water partition coefficient (Wildman–Crippen LogP) is 9.02. The highest BCUT2D eigenvalue weighted by molar-refractivity contribution is 7.90. The minimum Gasteiger partial charge on any atom is -0.476 e. The summed E-state index contributed by atoms with van der Waals surface area (Å²) in [4.78, 5) is 40.0. The number of allylic oxidation sites excluding steroid dienone is 1. The molecule has 3 fully saturated rings. The van der Waals surface area contributed by atoms with Crippen LogP contribution in [0.15, 0.2) is 89.5 Å². The van der Waals surface area contributed by atoms with Gasteiger partial charge < -0.3 is 29.6 Å². The molecular formula is C49H54ClFN8O7S. The van der Waals surface area contributed by atoms with Gasteiger partial charge in [-0.3, -0.25) is 19.8 Å². The Morgan fingerprint density at radius 2 is 1.70 bits per heavy atom. The van der Waals surface area contributed by atoms with Gasteiger partial charge in [-0.2, -0.15) is 4.98 Å². The highest BCUT2D eigenvalue weighted by Gasteiger charge is 2.41. The number of piperazine rings is 1. The first-order valence-corrected chi connectivity index (χ1v) is 25.0. The van der Waals surface area contributed by atoms with Gasteiger partial charge in [0.05, 0.1) is 27.7 Å². The molecule has 3 aromatic carbocycles. The Labute approximate surface area is 393 Å². The molecule has 1 saturated carbocycles. The molecule has 15 nitrogen and oxygen atoms in total. The summed E-state index contributed by atoms with van der Waals surface area (Å²) in [7, 11) is -4.65. The van der Waals surface area contributed by atoms with Crippen molar-refractivity contribution in [3.05, 3.63) is 111 Å². The average Bonchev–Trinajstić information content (AvgIpc) is 3.68. The van der Waals surface area contributed by atoms with E-state index in [1.165, 1.54) is 48.5 Å². The number of alkyl halides is 1. The number of benzene rings is 3. The summed E-state index contributed by atoms with van der Waals surface area (Å²) >= 11 is 6.30. The van der Waals surface area contributed by atoms with Gasteiger partial charge in [0.25, 0.3) is 21.6 Å². The maximum absolute atomic E-state index is 15.3. The number of nitrogens with one attached hydrogen (secondary N) is 3. The van der Waals surface area contributed by atoms with Crippen LogP contribution < -0.4 is 24.6 Å². The van der Waals surface area contributed by atoms with E-state index in [4.69, 9.17) is 26.1 Å². The molecular weight excluding hydrogens is 899 g/mol. The van der Waals surface area contributed by atoms with Crippen molar-refractivity contribution < 1.29 is 32.0 Å². The second kappa shape index (κ2) is 18.4. The normalized spacial score (nSPS) is 19.6. The van der Waals surface area contributed by atoms with Crippen LogP contribution in [0.2, 0.25) is 5.02 Å². The molecule has 3 aliphatic heterocycles. The Bertz CT molecular complexity index is 2840. The number of pyridine rings is 1. The van der Waals surface area contributed by atoms with Crippen molar-refractivity contribution in [3.8, 4) is 5.88 Å². The van der Waals surface area contributed by atoms with Crippen LogP contribution in [0.25, 0.3) is 16.6 Å². The Hall–Kier alpha value is -5.75. The maximum Gasteiger partial charge on any atom is 0.293 e. The van der Waals surface area contributed by atoms with E-state index in [-0.39, 0.29) is 43.9 Å². The number of rotatable bonds is 12. The van der Waals surface area contributed by atoms with E-state index < -0.39 is 37.1 Å². The van der Waals surface area contributed by atoms with Gasteiger partial charge >= 0.3 is 0 Å². The fourth-order valence-corrected chi connectivity index (χ4v) is 11.5. The summed E-state index contributed by atoms with van der Waals surface area (Å²) in [6.07, 6.45) is 9.99. The van der Waals surface area contributed by atoms with Crippen LogP contribution in [0.5, 0.6) is 5.88 Å². The number of sulfonamides is 1. The number of aromatic nitrogens is 2. The second-order valence-corrected chi connectivity index (χ2v) is 20.8. The van der Waals surface area contributed by atoms with Crippen molar-refractivity contribution in [2.45, 2.75) is 68.4 Å². The third-order valence-electron chi connectivity index (χ3n) is 14.4. The first-order valence-electron chi connectivity index (χ1n) is 23.2. The SMILES string of the molecule is O=C(NS(=O)(=O)c1ccc(NCC2(F)CCOCC2)c([N+](=O)[O-])c1)c1ccc(N2CCN(CC3=C(c4ccc(Cl)cc4)CC4(CCC4)CC3)CC2)cc1N1CCCOc2nc3[nH]ccc3cc21. The van der Waals surface area contributed by atoms with Crippen LogP contribution in [0.3, 0.4) is 0 Å². The zero-order chi connectivity index (χ0) is 46.3. The van der Waals surface area contributed by atoms with Crippen LogP contribution in [-0.4, -0.2) is 105 Å². The van der Waals surface area contributed by atoms with Gasteiger partial charge in [-0.25, -0.2) is 17.5 Å². The molecule has 0 unspecified atom stereocenters. The Balaban J connectivity index is 0.917. The highest BCUT2D eigenvalue weighted by atomic mass is 35.5. The molecule has 5 aliphatic rings. The van der Waals surface area contributed by atoms with E-state index in [9.17, 15) is 23.3 Å². The molecule has 0 bridgehead atoms. The summed E-state index contributed by atoms with van der Waals surface area (Å²) < 4.78 is 56.8. The summed E-state index contributed by atoms with van der Waals surface area (Å²) in [6, 6.07) is 20.8. The van der Waals surface area contributed by atoms with Gasteiger partial charge in [0, 0.05) is 100 Å². The molecule has 18 heteroatoms. The number of H-pyrrole nitrogens is 1. The van der Waals surface area contributed by atoms with Crippen LogP contribution in [0.1, 0.15) is 73.7 Å². The molecule has 67 heavy (non-hydrogen) atoms. The minimum absolute atomic E-state index is 0.0414. The first kappa shape index (κ1) is 45.1. The number of nitrogens with zero attached hydrogens (tertiary/aromatic N) is 5. The molecule has 2 aliphatic carbocycles. The summed E-state index contributed by atoms with van der Waals surface area (Å²) in [5, 5.41) is 16.6. The fraction of sp³-hybridized carbons (Fsp3) is 0.429. The summed E-state index contributed by atoms with van der Waals surface area (Å²) in [5.74, 6) is -0.543. The van der Waals surface area contributed by atoms with E-state index in [0.29, 0.717) is 47.9 Å². The van der Waals surface area contributed by atoms with Crippen molar-refractivity contribution >= 4 is 72.6 Å². The van der Waals surface area contributed by atoms with Crippen LogP contribution >= 0.6 is 11.6 Å². The predicted molar refractivity (Wildman–Crippen MR) is 257 cm³/mol. The molecule has 352 valence electrons. The average molecular weight is 954 g/mol. The number of ether oxygens (including phenoxy) is 2. The first-order chi connectivity index (χ1) is 32.3. The molecule has 2 saturated heterocycles. The summed E-state index contributed by atoms with van der Waals surface area (Å²) in [5.41, 5.74) is 5.12. The van der Waals surface area contributed by atoms with Gasteiger partial charge in [0.2, 0.25) is 5.88 Å². The number of fused-ring (bicyclic) bond motifs is 2. The van der Waals surface area contributed by atoms with Gasteiger partial charge in [0.1, 0.15) is 22.7 Å². The van der Waals surface area contributed by atoms with Crippen molar-refractivity contribution in [1.82, 2.24) is 19.6 Å². The number of halogens is 2. The third-order valence-corrected chi connectivity index (χ3v) is 16.0. The number of carbonyl (C=O) groups is 1. The minimum atomic E-state index is -4.65. The number of hydrogen-bond acceptors (Lipinski definition) is 12. The van der Waals surface area contributed by atoms with E-state index in [1.807, 2.05) is 41.3 Å².